The molecule has 0 fully saturated rings. The van der Waals surface area contributed by atoms with Crippen molar-refractivity contribution in [2.45, 2.75) is 47.2 Å². The zero-order valence-corrected chi connectivity index (χ0v) is 16.7. The second-order valence-corrected chi connectivity index (χ2v) is 5.49. The minimum Gasteiger partial charge on any atom is -0.320 e. The molecule has 1 N–H and O–H groups in total. The van der Waals surface area contributed by atoms with E-state index in [9.17, 15) is 4.79 Å². The fraction of sp³-hybridized carbons (Fsp3) is 0.412. The number of carbonyl (C=O) groups excluding carboxylic acids is 1. The third-order valence-electron chi connectivity index (χ3n) is 3.69. The van der Waals surface area contributed by atoms with E-state index in [1.54, 1.807) is 0 Å². The Balaban J connectivity index is 0.00000242. The first-order valence-electron chi connectivity index (χ1n) is 7.45. The van der Waals surface area contributed by atoms with Gasteiger partial charge in [-0.1, -0.05) is 25.1 Å². The number of anilines is 1. The van der Waals surface area contributed by atoms with Crippen molar-refractivity contribution in [3.05, 3.63) is 47.3 Å². The van der Waals surface area contributed by atoms with E-state index in [4.69, 9.17) is 0 Å². The molecule has 0 aliphatic heterocycles. The topological polar surface area (TPSA) is 37.9 Å². The average molecular weight is 375 g/mol. The second kappa shape index (κ2) is 8.59. The number of hydrogen-bond donors (Lipinski definition) is 1. The Hall–Kier alpha value is -0.996. The van der Waals surface area contributed by atoms with Crippen LogP contribution in [0.1, 0.15) is 30.2 Å². The summed E-state index contributed by atoms with van der Waals surface area (Å²) in [6.45, 7) is 9.49. The van der Waals surface area contributed by atoms with E-state index in [1.807, 2.05) is 49.0 Å². The van der Waals surface area contributed by atoms with Crippen LogP contribution in [0.2, 0.25) is 0 Å². The van der Waals surface area contributed by atoms with Crippen LogP contribution in [0.5, 0.6) is 0 Å². The zero-order chi connectivity index (χ0) is 15.4. The Morgan fingerprint density at radius 2 is 1.82 bits per heavy atom. The van der Waals surface area contributed by atoms with Crippen molar-refractivity contribution in [1.29, 1.82) is 0 Å². The van der Waals surface area contributed by atoms with E-state index in [0.717, 1.165) is 29.8 Å². The molecule has 22 heavy (non-hydrogen) atoms. The number of rotatable bonds is 5. The van der Waals surface area contributed by atoms with Crippen molar-refractivity contribution in [2.75, 3.05) is 5.32 Å². The van der Waals surface area contributed by atoms with Crippen molar-refractivity contribution in [3.8, 4) is 0 Å². The van der Waals surface area contributed by atoms with Gasteiger partial charge in [0.2, 0.25) is 6.54 Å². The number of amides is 1. The summed E-state index contributed by atoms with van der Waals surface area (Å²) in [6.07, 6.45) is 3.02. The molecule has 0 aliphatic carbocycles. The molecule has 2 aromatic rings. The van der Waals surface area contributed by atoms with Crippen molar-refractivity contribution in [3.63, 3.8) is 0 Å². The molecule has 4 nitrogen and oxygen atoms in total. The molecular weight excluding hydrogens is 351 g/mol. The monoisotopic (exact) mass is 375 g/mol. The maximum absolute atomic E-state index is 12.3. The van der Waals surface area contributed by atoms with Crippen LogP contribution in [0.15, 0.2) is 30.5 Å². The first kappa shape index (κ1) is 19.1. The van der Waals surface area contributed by atoms with Gasteiger partial charge in [0.1, 0.15) is 0 Å². The molecular formula is C17H24N3OY+. The maximum atomic E-state index is 12.3. The van der Waals surface area contributed by atoms with Crippen LogP contribution in [0, 0.1) is 20.8 Å². The summed E-state index contributed by atoms with van der Waals surface area (Å²) in [7, 11) is 0. The predicted octanol–water partition coefficient (Wildman–Crippen LogP) is 2.75. The van der Waals surface area contributed by atoms with Gasteiger partial charge in [0.25, 0.3) is 5.91 Å². The molecule has 115 valence electrons. The number of nitrogens with zero attached hydrogens (tertiary/aromatic N) is 2. The molecule has 0 saturated carbocycles. The van der Waals surface area contributed by atoms with E-state index in [1.165, 1.54) is 5.69 Å². The van der Waals surface area contributed by atoms with Gasteiger partial charge >= 0.3 is 0 Å². The van der Waals surface area contributed by atoms with Crippen LogP contribution < -0.4 is 10.00 Å². The van der Waals surface area contributed by atoms with Gasteiger partial charge in [-0.25, -0.2) is 0 Å². The maximum Gasteiger partial charge on any atom is 0.292 e. The van der Waals surface area contributed by atoms with Gasteiger partial charge in [0.15, 0.2) is 6.20 Å². The van der Waals surface area contributed by atoms with Crippen LogP contribution >= 0.6 is 0 Å². The number of benzene rings is 1. The molecule has 0 saturated heterocycles. The molecule has 0 bridgehead atoms. The quantitative estimate of drug-likeness (QED) is 0.802. The van der Waals surface area contributed by atoms with E-state index in [-0.39, 0.29) is 38.6 Å². The van der Waals surface area contributed by atoms with Crippen molar-refractivity contribution >= 4 is 11.6 Å². The Morgan fingerprint density at radius 1 is 1.18 bits per heavy atom. The van der Waals surface area contributed by atoms with E-state index < -0.39 is 0 Å². The van der Waals surface area contributed by atoms with E-state index >= 15 is 0 Å². The molecule has 0 atom stereocenters. The summed E-state index contributed by atoms with van der Waals surface area (Å²) in [4.78, 5) is 12.3. The molecule has 5 heteroatoms. The number of para-hydroxylation sites is 1. The van der Waals surface area contributed by atoms with Gasteiger partial charge in [0.05, 0.1) is 12.2 Å². The Bertz CT molecular complexity index is 629. The normalized spacial score (nSPS) is 10.2. The largest absolute Gasteiger partial charge is 0.320 e. The Morgan fingerprint density at radius 3 is 2.41 bits per heavy atom. The standard InChI is InChI=1S/C17H23N3O.Y/c1-5-10-20-15(4)9-11-19(20)12-16(21)18-17-13(2)7-6-8-14(17)3;/h6-9,11H,5,10,12H2,1-4H3;/p+1. The summed E-state index contributed by atoms with van der Waals surface area (Å²) in [5.74, 6) is 0.00727. The molecule has 1 aromatic carbocycles. The number of carbonyl (C=O) groups is 1. The summed E-state index contributed by atoms with van der Waals surface area (Å²) < 4.78 is 4.12. The second-order valence-electron chi connectivity index (χ2n) is 5.49. The number of hydrogen-bond acceptors (Lipinski definition) is 1. The molecule has 2 rings (SSSR count). The van der Waals surface area contributed by atoms with Crippen molar-refractivity contribution < 1.29 is 42.2 Å². The third kappa shape index (κ3) is 4.50. The van der Waals surface area contributed by atoms with E-state index in [2.05, 4.69) is 23.8 Å². The first-order chi connectivity index (χ1) is 10.0. The number of aromatic nitrogens is 2. The summed E-state index contributed by atoms with van der Waals surface area (Å²) >= 11 is 0. The predicted molar refractivity (Wildman–Crippen MR) is 84.2 cm³/mol. The minimum atomic E-state index is 0. The molecule has 1 radical (unpaired) electrons. The molecule has 1 amide bonds. The van der Waals surface area contributed by atoms with Gasteiger partial charge in [-0.05, 0) is 38.3 Å². The van der Waals surface area contributed by atoms with Gasteiger partial charge in [-0.3, -0.25) is 4.79 Å². The summed E-state index contributed by atoms with van der Waals surface area (Å²) in [5.41, 5.74) is 4.28. The zero-order valence-electron chi connectivity index (χ0n) is 13.9. The average Bonchev–Trinajstić information content (AvgIpc) is 2.76. The summed E-state index contributed by atoms with van der Waals surface area (Å²) in [5, 5.41) is 3.03. The van der Waals surface area contributed by atoms with Crippen LogP contribution in [-0.4, -0.2) is 10.6 Å². The molecule has 1 aromatic heterocycles. The smallest absolute Gasteiger partial charge is 0.292 e. The number of nitrogens with one attached hydrogen (secondary N) is 1. The molecule has 0 aliphatic rings. The molecule has 0 unspecified atom stereocenters. The van der Waals surface area contributed by atoms with Crippen molar-refractivity contribution in [1.82, 2.24) is 4.68 Å². The Kier molecular flexibility index (Phi) is 7.44. The SMILES string of the molecule is CCCn1c(C)cc[n+]1CC(=O)Nc1c(C)cccc1C.[Y]. The molecule has 0 spiro atoms. The van der Waals surface area contributed by atoms with Crippen LogP contribution in [0.3, 0.4) is 0 Å². The summed E-state index contributed by atoms with van der Waals surface area (Å²) in [6, 6.07) is 8.08. The minimum absolute atomic E-state index is 0. The number of aryl methyl sites for hydroxylation is 3. The van der Waals surface area contributed by atoms with Crippen LogP contribution in [0.25, 0.3) is 0 Å². The van der Waals surface area contributed by atoms with Gasteiger partial charge in [-0.15, -0.1) is 4.68 Å². The van der Waals surface area contributed by atoms with Gasteiger partial charge < -0.3 is 5.32 Å². The van der Waals surface area contributed by atoms with Gasteiger partial charge in [-0.2, -0.15) is 4.68 Å². The molecule has 1 heterocycles. The fourth-order valence-corrected chi connectivity index (χ4v) is 2.56. The van der Waals surface area contributed by atoms with Crippen LogP contribution in [0.4, 0.5) is 5.69 Å². The van der Waals surface area contributed by atoms with Gasteiger partial charge in [0, 0.05) is 44.5 Å². The Labute approximate surface area is 157 Å². The van der Waals surface area contributed by atoms with Crippen LogP contribution in [-0.2, 0) is 50.6 Å². The third-order valence-corrected chi connectivity index (χ3v) is 3.69. The van der Waals surface area contributed by atoms with Crippen molar-refractivity contribution in [2.24, 2.45) is 0 Å². The van der Waals surface area contributed by atoms with E-state index in [0.29, 0.717) is 6.54 Å². The first-order valence-corrected chi connectivity index (χ1v) is 7.45. The fourth-order valence-electron chi connectivity index (χ4n) is 2.56.